The van der Waals surface area contributed by atoms with Gasteiger partial charge in [0.15, 0.2) is 0 Å². The smallest absolute Gasteiger partial charge is 0.226 e. The van der Waals surface area contributed by atoms with Gasteiger partial charge in [0.05, 0.1) is 12.2 Å². The van der Waals surface area contributed by atoms with Crippen molar-refractivity contribution in [2.45, 2.75) is 57.2 Å². The van der Waals surface area contributed by atoms with E-state index in [1.54, 1.807) is 0 Å². The average Bonchev–Trinajstić information content (AvgIpc) is 3.27. The zero-order valence-corrected chi connectivity index (χ0v) is 16.9. The molecule has 4 nitrogen and oxygen atoms in total. The van der Waals surface area contributed by atoms with Crippen LogP contribution in [0.3, 0.4) is 0 Å². The first-order chi connectivity index (χ1) is 13.7. The molecule has 2 fully saturated rings. The third kappa shape index (κ3) is 4.84. The number of carbonyl (C=O) groups excluding carboxylic acids is 1. The van der Waals surface area contributed by atoms with Crippen LogP contribution in [-0.2, 0) is 20.9 Å². The monoisotopic (exact) mass is 383 g/mol. The van der Waals surface area contributed by atoms with Gasteiger partial charge in [0.2, 0.25) is 5.91 Å². The summed E-state index contributed by atoms with van der Waals surface area (Å²) < 4.78 is 12.2. The molecule has 2 saturated heterocycles. The summed E-state index contributed by atoms with van der Waals surface area (Å²) in [7, 11) is 0. The second-order valence-electron chi connectivity index (χ2n) is 8.68. The summed E-state index contributed by atoms with van der Waals surface area (Å²) in [6, 6.07) is 10.4. The Morgan fingerprint density at radius 3 is 2.64 bits per heavy atom. The second-order valence-corrected chi connectivity index (χ2v) is 8.68. The number of benzene rings is 1. The average molecular weight is 384 g/mol. The summed E-state index contributed by atoms with van der Waals surface area (Å²) in [5.41, 5.74) is 1.23. The first-order valence-electron chi connectivity index (χ1n) is 10.9. The number of allylic oxidation sites excluding steroid dienone is 2. The lowest BCUT2D eigenvalue weighted by Gasteiger charge is -2.46. The van der Waals surface area contributed by atoms with Crippen molar-refractivity contribution < 1.29 is 14.3 Å². The Balaban J connectivity index is 1.20. The second kappa shape index (κ2) is 9.23. The predicted octanol–water partition coefficient (Wildman–Crippen LogP) is 4.35. The Kier molecular flexibility index (Phi) is 6.48. The van der Waals surface area contributed by atoms with Crippen LogP contribution < -0.4 is 0 Å². The van der Waals surface area contributed by atoms with Crippen LogP contribution in [0.4, 0.5) is 0 Å². The molecule has 28 heavy (non-hydrogen) atoms. The van der Waals surface area contributed by atoms with Gasteiger partial charge in [0, 0.05) is 32.2 Å². The van der Waals surface area contributed by atoms with Crippen LogP contribution in [0, 0.1) is 11.8 Å². The molecule has 4 heteroatoms. The van der Waals surface area contributed by atoms with Crippen LogP contribution in [0.15, 0.2) is 42.5 Å². The van der Waals surface area contributed by atoms with Gasteiger partial charge in [-0.3, -0.25) is 4.79 Å². The molecule has 1 aromatic rings. The number of amides is 1. The highest BCUT2D eigenvalue weighted by Crippen LogP contribution is 2.39. The molecule has 1 spiro atoms. The lowest BCUT2D eigenvalue weighted by atomic mass is 9.78. The van der Waals surface area contributed by atoms with Crippen LogP contribution in [0.1, 0.15) is 50.5 Å². The van der Waals surface area contributed by atoms with Crippen LogP contribution >= 0.6 is 0 Å². The highest BCUT2D eigenvalue weighted by atomic mass is 16.5. The van der Waals surface area contributed by atoms with E-state index in [0.717, 1.165) is 71.2 Å². The fraction of sp³-hybridized carbons (Fsp3) is 0.625. The van der Waals surface area contributed by atoms with E-state index >= 15 is 0 Å². The van der Waals surface area contributed by atoms with Crippen molar-refractivity contribution in [3.63, 3.8) is 0 Å². The lowest BCUT2D eigenvalue weighted by molar-refractivity contribution is -0.150. The van der Waals surface area contributed by atoms with E-state index in [9.17, 15) is 4.79 Å². The summed E-state index contributed by atoms with van der Waals surface area (Å²) >= 11 is 0. The summed E-state index contributed by atoms with van der Waals surface area (Å²) in [4.78, 5) is 14.7. The molecule has 1 unspecified atom stereocenters. The van der Waals surface area contributed by atoms with Gasteiger partial charge in [-0.25, -0.2) is 0 Å². The zero-order chi connectivity index (χ0) is 19.2. The Labute approximate surface area is 168 Å². The molecule has 152 valence electrons. The molecule has 4 rings (SSSR count). The first-order valence-corrected chi connectivity index (χ1v) is 10.9. The SMILES string of the molecule is O=C(C1CC=CC1)N1CCC2(CC1)CC(CCOCc1ccccc1)CCO2. The molecule has 3 aliphatic rings. The van der Waals surface area contributed by atoms with Crippen LogP contribution in [0.2, 0.25) is 0 Å². The van der Waals surface area contributed by atoms with Crippen molar-refractivity contribution in [3.05, 3.63) is 48.0 Å². The Morgan fingerprint density at radius 1 is 1.14 bits per heavy atom. The number of piperidine rings is 1. The summed E-state index contributed by atoms with van der Waals surface area (Å²) in [6.07, 6.45) is 11.5. The summed E-state index contributed by atoms with van der Waals surface area (Å²) in [5.74, 6) is 1.21. The van der Waals surface area contributed by atoms with Crippen molar-refractivity contribution >= 4 is 5.91 Å². The molecule has 0 bridgehead atoms. The van der Waals surface area contributed by atoms with Crippen molar-refractivity contribution in [1.82, 2.24) is 4.90 Å². The largest absolute Gasteiger partial charge is 0.377 e. The molecule has 0 aromatic heterocycles. The van der Waals surface area contributed by atoms with E-state index in [1.165, 1.54) is 5.56 Å². The van der Waals surface area contributed by atoms with Crippen molar-refractivity contribution in [3.8, 4) is 0 Å². The minimum absolute atomic E-state index is 0.00689. The topological polar surface area (TPSA) is 38.8 Å². The normalized spacial score (nSPS) is 24.7. The van der Waals surface area contributed by atoms with Crippen molar-refractivity contribution in [1.29, 1.82) is 0 Å². The first kappa shape index (κ1) is 19.7. The molecule has 1 atom stereocenters. The van der Waals surface area contributed by atoms with E-state index in [2.05, 4.69) is 41.3 Å². The van der Waals surface area contributed by atoms with Gasteiger partial charge in [0.1, 0.15) is 0 Å². The van der Waals surface area contributed by atoms with E-state index < -0.39 is 0 Å². The molecule has 0 radical (unpaired) electrons. The van der Waals surface area contributed by atoms with Gasteiger partial charge < -0.3 is 14.4 Å². The predicted molar refractivity (Wildman–Crippen MR) is 110 cm³/mol. The van der Waals surface area contributed by atoms with E-state index in [0.29, 0.717) is 18.4 Å². The highest BCUT2D eigenvalue weighted by Gasteiger charge is 2.41. The Hall–Kier alpha value is -1.65. The van der Waals surface area contributed by atoms with Crippen LogP contribution in [-0.4, -0.2) is 42.7 Å². The minimum atomic E-state index is -0.00689. The standard InChI is InChI=1S/C24H33NO3/c26-23(22-8-4-5-9-22)25-14-12-24(13-15-25)18-20(11-17-28-24)10-16-27-19-21-6-2-1-3-7-21/h1-7,20,22H,8-19H2. The number of hydrogen-bond acceptors (Lipinski definition) is 3. The number of likely N-dealkylation sites (tertiary alicyclic amines) is 1. The fourth-order valence-corrected chi connectivity index (χ4v) is 4.95. The number of nitrogens with zero attached hydrogens (tertiary/aromatic N) is 1. The third-order valence-corrected chi connectivity index (χ3v) is 6.72. The maximum atomic E-state index is 12.7. The molecule has 1 amide bonds. The molecule has 1 aromatic carbocycles. The summed E-state index contributed by atoms with van der Waals surface area (Å²) in [5, 5.41) is 0. The number of hydrogen-bond donors (Lipinski definition) is 0. The maximum Gasteiger partial charge on any atom is 0.226 e. The van der Waals surface area contributed by atoms with E-state index in [4.69, 9.17) is 9.47 Å². The van der Waals surface area contributed by atoms with E-state index in [-0.39, 0.29) is 11.5 Å². The van der Waals surface area contributed by atoms with Gasteiger partial charge in [-0.1, -0.05) is 42.5 Å². The number of carbonyl (C=O) groups is 1. The minimum Gasteiger partial charge on any atom is -0.377 e. The highest BCUT2D eigenvalue weighted by molar-refractivity contribution is 5.79. The lowest BCUT2D eigenvalue weighted by Crippen LogP contribution is -2.51. The molecule has 2 aliphatic heterocycles. The van der Waals surface area contributed by atoms with Crippen LogP contribution in [0.25, 0.3) is 0 Å². The molecule has 0 saturated carbocycles. The van der Waals surface area contributed by atoms with Gasteiger partial charge in [-0.15, -0.1) is 0 Å². The van der Waals surface area contributed by atoms with Gasteiger partial charge in [0.25, 0.3) is 0 Å². The fourth-order valence-electron chi connectivity index (χ4n) is 4.95. The molecule has 0 N–H and O–H groups in total. The molecule has 2 heterocycles. The van der Waals surface area contributed by atoms with Gasteiger partial charge in [-0.05, 0) is 56.4 Å². The van der Waals surface area contributed by atoms with Crippen molar-refractivity contribution in [2.24, 2.45) is 11.8 Å². The quantitative estimate of drug-likeness (QED) is 0.542. The summed E-state index contributed by atoms with van der Waals surface area (Å²) in [6.45, 7) is 4.07. The Bertz CT molecular complexity index is 656. The van der Waals surface area contributed by atoms with Crippen molar-refractivity contribution in [2.75, 3.05) is 26.3 Å². The van der Waals surface area contributed by atoms with Gasteiger partial charge in [-0.2, -0.15) is 0 Å². The molecule has 1 aliphatic carbocycles. The van der Waals surface area contributed by atoms with Gasteiger partial charge >= 0.3 is 0 Å². The van der Waals surface area contributed by atoms with E-state index in [1.807, 2.05) is 6.07 Å². The Morgan fingerprint density at radius 2 is 1.89 bits per heavy atom. The number of rotatable bonds is 6. The zero-order valence-electron chi connectivity index (χ0n) is 16.9. The molecular weight excluding hydrogens is 350 g/mol. The number of ether oxygens (including phenoxy) is 2. The molecular formula is C24H33NO3. The van der Waals surface area contributed by atoms with Crippen LogP contribution in [0.5, 0.6) is 0 Å². The maximum absolute atomic E-state index is 12.7. The third-order valence-electron chi connectivity index (χ3n) is 6.72.